The minimum Gasteiger partial charge on any atom is -0.475 e. The number of piperazine rings is 2. The van der Waals surface area contributed by atoms with Gasteiger partial charge < -0.3 is 24.8 Å². The highest BCUT2D eigenvalue weighted by atomic mass is 19.4. The average molecular weight is 679 g/mol. The lowest BCUT2D eigenvalue weighted by atomic mass is 9.98. The van der Waals surface area contributed by atoms with Gasteiger partial charge in [-0.15, -0.1) is 0 Å². The molecule has 1 amide bonds. The lowest BCUT2D eigenvalue weighted by Crippen LogP contribution is -2.44. The summed E-state index contributed by atoms with van der Waals surface area (Å²) >= 11 is 0. The maximum atomic E-state index is 13.9. The topological polar surface area (TPSA) is 64.2 Å². The predicted molar refractivity (Wildman–Crippen MR) is 169 cm³/mol. The molecule has 0 unspecified atom stereocenters. The third-order valence-corrected chi connectivity index (χ3v) is 8.57. The van der Waals surface area contributed by atoms with E-state index < -0.39 is 35.9 Å². The number of fused-ring (bicyclic) bond motifs is 1. The van der Waals surface area contributed by atoms with Crippen molar-refractivity contribution in [1.29, 1.82) is 0 Å². The van der Waals surface area contributed by atoms with Crippen LogP contribution in [0.2, 0.25) is 0 Å². The third kappa shape index (κ3) is 9.24. The van der Waals surface area contributed by atoms with Crippen LogP contribution in [0.1, 0.15) is 32.7 Å². The Balaban J connectivity index is 0.000000572. The van der Waals surface area contributed by atoms with Gasteiger partial charge in [-0.05, 0) is 49.5 Å². The van der Waals surface area contributed by atoms with E-state index in [1.807, 2.05) is 36.4 Å². The quantitative estimate of drug-likeness (QED) is 0.378. The summed E-state index contributed by atoms with van der Waals surface area (Å²) < 4.78 is 86.5. The van der Waals surface area contributed by atoms with Crippen LogP contribution in [-0.4, -0.2) is 110 Å². The lowest BCUT2D eigenvalue weighted by molar-refractivity contribution is -0.143. The summed E-state index contributed by atoms with van der Waals surface area (Å²) in [7, 11) is 4.21. The van der Waals surface area contributed by atoms with E-state index in [1.165, 1.54) is 18.0 Å². The standard InChI is InChI=1S/C29H28F6N4O2.C5H12N2/c1-37-7-9-38(10-8-37)18-23-16-24(20-5-3-2-4-6-20)25-26(36-23)41-12-11-39(27(25)40)17-19-13-21(28(30,31)32)15-22(14-19)29(33,34)35;1-7-4-2-6-3-5-7/h2-6,13-16H,7-12,17-18H2,1H3;6H,2-5H2,1H3. The number of amides is 1. The number of hydrogen-bond donors (Lipinski definition) is 1. The van der Waals surface area contributed by atoms with Gasteiger partial charge in [0.15, 0.2) is 0 Å². The van der Waals surface area contributed by atoms with Crippen molar-refractivity contribution in [1.82, 2.24) is 29.9 Å². The minimum absolute atomic E-state index is 0.0248. The van der Waals surface area contributed by atoms with Crippen molar-refractivity contribution in [3.05, 3.63) is 82.5 Å². The molecule has 3 aliphatic heterocycles. The van der Waals surface area contributed by atoms with Crippen molar-refractivity contribution < 1.29 is 35.9 Å². The van der Waals surface area contributed by atoms with Gasteiger partial charge in [-0.2, -0.15) is 26.3 Å². The molecule has 8 nitrogen and oxygen atoms in total. The van der Waals surface area contributed by atoms with Crippen LogP contribution in [0.3, 0.4) is 0 Å². The Morgan fingerprint density at radius 1 is 0.771 bits per heavy atom. The van der Waals surface area contributed by atoms with Crippen LogP contribution < -0.4 is 10.1 Å². The summed E-state index contributed by atoms with van der Waals surface area (Å²) in [5, 5.41) is 3.27. The summed E-state index contributed by atoms with van der Waals surface area (Å²) in [6, 6.07) is 12.3. The number of rotatable bonds is 5. The number of hydrogen-bond acceptors (Lipinski definition) is 7. The SMILES string of the molecule is CN1CCN(Cc2cc(-c3ccccc3)c3c(n2)OCCN(Cc2cc(C(F)(F)F)cc(C(F)(F)F)c2)C3=O)CC1.CN1CCNCC1. The molecule has 14 heteroatoms. The zero-order valence-corrected chi connectivity index (χ0v) is 27.0. The second-order valence-electron chi connectivity index (χ2n) is 12.3. The van der Waals surface area contributed by atoms with Gasteiger partial charge in [0.2, 0.25) is 5.88 Å². The molecule has 0 bridgehead atoms. The van der Waals surface area contributed by atoms with E-state index in [0.29, 0.717) is 35.5 Å². The molecule has 6 rings (SSSR count). The second kappa shape index (κ2) is 15.2. The first-order valence-electron chi connectivity index (χ1n) is 15.9. The molecule has 48 heavy (non-hydrogen) atoms. The average Bonchev–Trinajstić information content (AvgIpc) is 3.20. The molecule has 1 N–H and O–H groups in total. The Kier molecular flexibility index (Phi) is 11.3. The van der Waals surface area contributed by atoms with Gasteiger partial charge in [0.1, 0.15) is 12.2 Å². The van der Waals surface area contributed by atoms with Gasteiger partial charge >= 0.3 is 12.4 Å². The number of ether oxygens (including phenoxy) is 1. The molecule has 4 heterocycles. The Labute approximate surface area is 276 Å². The number of alkyl halides is 6. The first-order chi connectivity index (χ1) is 22.8. The van der Waals surface area contributed by atoms with E-state index in [4.69, 9.17) is 4.74 Å². The fourth-order valence-corrected chi connectivity index (χ4v) is 5.82. The molecular formula is C34H40F6N6O2. The molecule has 2 fully saturated rings. The summed E-state index contributed by atoms with van der Waals surface area (Å²) in [5.74, 6) is -0.482. The molecule has 0 radical (unpaired) electrons. The van der Waals surface area contributed by atoms with E-state index in [9.17, 15) is 31.1 Å². The lowest BCUT2D eigenvalue weighted by Gasteiger charge is -2.32. The normalized spacial score (nSPS) is 18.4. The minimum atomic E-state index is -4.99. The van der Waals surface area contributed by atoms with Crippen LogP contribution in [0.15, 0.2) is 54.6 Å². The summed E-state index contributed by atoms with van der Waals surface area (Å²) in [6.45, 7) is 8.25. The number of nitrogens with zero attached hydrogens (tertiary/aromatic N) is 5. The largest absolute Gasteiger partial charge is 0.475 e. The molecule has 2 saturated heterocycles. The molecule has 0 saturated carbocycles. The van der Waals surface area contributed by atoms with Gasteiger partial charge in [0.05, 0.1) is 23.4 Å². The number of halogens is 6. The third-order valence-electron chi connectivity index (χ3n) is 8.57. The fraction of sp³-hybridized carbons (Fsp3) is 0.471. The maximum Gasteiger partial charge on any atom is 0.416 e. The molecule has 260 valence electrons. The highest BCUT2D eigenvalue weighted by Gasteiger charge is 2.37. The zero-order chi connectivity index (χ0) is 34.5. The zero-order valence-electron chi connectivity index (χ0n) is 27.0. The van der Waals surface area contributed by atoms with Crippen LogP contribution in [0.5, 0.6) is 5.88 Å². The smallest absolute Gasteiger partial charge is 0.416 e. The number of benzene rings is 2. The predicted octanol–water partition coefficient (Wildman–Crippen LogP) is 5.09. The van der Waals surface area contributed by atoms with Crippen molar-refractivity contribution in [3.8, 4) is 17.0 Å². The monoisotopic (exact) mass is 678 g/mol. The molecule has 0 spiro atoms. The number of likely N-dealkylation sites (N-methyl/N-ethyl adjacent to an activating group) is 2. The number of carbonyl (C=O) groups excluding carboxylic acids is 1. The highest BCUT2D eigenvalue weighted by Crippen LogP contribution is 2.38. The molecule has 0 aliphatic carbocycles. The fourth-order valence-electron chi connectivity index (χ4n) is 5.82. The van der Waals surface area contributed by atoms with Crippen LogP contribution in [0.25, 0.3) is 11.1 Å². The Morgan fingerprint density at radius 3 is 1.94 bits per heavy atom. The second-order valence-corrected chi connectivity index (χ2v) is 12.3. The highest BCUT2D eigenvalue weighted by molar-refractivity contribution is 6.03. The Bertz CT molecular complexity index is 1510. The van der Waals surface area contributed by atoms with E-state index in [0.717, 1.165) is 39.3 Å². The summed E-state index contributed by atoms with van der Waals surface area (Å²) in [6.07, 6.45) is -9.97. The van der Waals surface area contributed by atoms with Crippen molar-refractivity contribution in [2.45, 2.75) is 25.4 Å². The van der Waals surface area contributed by atoms with Gasteiger partial charge in [-0.3, -0.25) is 9.69 Å². The van der Waals surface area contributed by atoms with Crippen molar-refractivity contribution in [2.24, 2.45) is 0 Å². The van der Waals surface area contributed by atoms with E-state index in [2.05, 4.69) is 39.1 Å². The summed E-state index contributed by atoms with van der Waals surface area (Å²) in [4.78, 5) is 26.5. The maximum absolute atomic E-state index is 13.9. The van der Waals surface area contributed by atoms with Gasteiger partial charge in [0.25, 0.3) is 5.91 Å². The van der Waals surface area contributed by atoms with Gasteiger partial charge in [-0.1, -0.05) is 30.3 Å². The number of nitrogens with one attached hydrogen (secondary N) is 1. The molecule has 0 atom stereocenters. The van der Waals surface area contributed by atoms with E-state index in [1.54, 1.807) is 0 Å². The van der Waals surface area contributed by atoms with E-state index >= 15 is 0 Å². The summed E-state index contributed by atoms with van der Waals surface area (Å²) in [5.41, 5.74) is -1.08. The van der Waals surface area contributed by atoms with Crippen molar-refractivity contribution >= 4 is 5.91 Å². The molecular weight excluding hydrogens is 638 g/mol. The van der Waals surface area contributed by atoms with Gasteiger partial charge in [-0.25, -0.2) is 4.98 Å². The number of aromatic nitrogens is 1. The van der Waals surface area contributed by atoms with Crippen LogP contribution in [-0.2, 0) is 25.4 Å². The first kappa shape index (κ1) is 35.6. The first-order valence-corrected chi connectivity index (χ1v) is 15.9. The van der Waals surface area contributed by atoms with Crippen molar-refractivity contribution in [2.75, 3.05) is 79.6 Å². The van der Waals surface area contributed by atoms with Crippen molar-refractivity contribution in [3.63, 3.8) is 0 Å². The van der Waals surface area contributed by atoms with E-state index in [-0.39, 0.29) is 36.2 Å². The number of pyridine rings is 1. The van der Waals surface area contributed by atoms with Crippen LogP contribution in [0, 0.1) is 0 Å². The molecule has 3 aliphatic rings. The van der Waals surface area contributed by atoms with Crippen LogP contribution >= 0.6 is 0 Å². The Morgan fingerprint density at radius 2 is 1.38 bits per heavy atom. The Hall–Kier alpha value is -3.72. The molecule has 2 aromatic carbocycles. The molecule has 1 aromatic heterocycles. The number of carbonyl (C=O) groups is 1. The van der Waals surface area contributed by atoms with Gasteiger partial charge in [0, 0.05) is 71.0 Å². The molecule has 3 aromatic rings. The van der Waals surface area contributed by atoms with Crippen LogP contribution in [0.4, 0.5) is 26.3 Å².